The first-order chi connectivity index (χ1) is 9.46. The summed E-state index contributed by atoms with van der Waals surface area (Å²) >= 11 is 0. The van der Waals surface area contributed by atoms with E-state index >= 15 is 0 Å². The maximum absolute atomic E-state index is 6.15. The van der Waals surface area contributed by atoms with Gasteiger partial charge in [-0.1, -0.05) is 40.5 Å². The van der Waals surface area contributed by atoms with Gasteiger partial charge in [-0.3, -0.25) is 0 Å². The highest BCUT2D eigenvalue weighted by Gasteiger charge is 2.32. The number of rotatable bonds is 5. The predicted octanol–water partition coefficient (Wildman–Crippen LogP) is 4.39. The quantitative estimate of drug-likeness (QED) is 0.755. The van der Waals surface area contributed by atoms with Gasteiger partial charge in [-0.25, -0.2) is 0 Å². The molecule has 0 aliphatic heterocycles. The zero-order valence-corrected chi connectivity index (χ0v) is 14.1. The Labute approximate surface area is 126 Å². The van der Waals surface area contributed by atoms with E-state index in [2.05, 4.69) is 33.0 Å². The van der Waals surface area contributed by atoms with Gasteiger partial charge in [-0.05, 0) is 49.4 Å². The minimum absolute atomic E-state index is 0.466. The van der Waals surface area contributed by atoms with Gasteiger partial charge in [-0.2, -0.15) is 0 Å². The average Bonchev–Trinajstić information content (AvgIpc) is 2.34. The third-order valence-corrected chi connectivity index (χ3v) is 5.32. The Morgan fingerprint density at radius 3 is 2.55 bits per heavy atom. The van der Waals surface area contributed by atoms with Crippen LogP contribution >= 0.6 is 0 Å². The smallest absolute Gasteiger partial charge is 0.0594 e. The van der Waals surface area contributed by atoms with E-state index in [0.29, 0.717) is 11.5 Å². The van der Waals surface area contributed by atoms with Crippen LogP contribution in [0.4, 0.5) is 0 Å². The summed E-state index contributed by atoms with van der Waals surface area (Å²) in [5.41, 5.74) is 0.466. The van der Waals surface area contributed by atoms with Crippen molar-refractivity contribution in [2.45, 2.75) is 84.8 Å². The van der Waals surface area contributed by atoms with Crippen LogP contribution in [-0.4, -0.2) is 25.3 Å². The van der Waals surface area contributed by atoms with Crippen LogP contribution in [0.1, 0.15) is 72.6 Å². The molecule has 2 fully saturated rings. The molecule has 0 saturated heterocycles. The van der Waals surface area contributed by atoms with Crippen molar-refractivity contribution in [1.82, 2.24) is 5.32 Å². The molecular formula is C18H35NO. The van der Waals surface area contributed by atoms with Crippen molar-refractivity contribution in [1.29, 1.82) is 0 Å². The third kappa shape index (κ3) is 5.04. The minimum atomic E-state index is 0.466. The van der Waals surface area contributed by atoms with Crippen LogP contribution in [-0.2, 0) is 4.74 Å². The van der Waals surface area contributed by atoms with E-state index in [1.165, 1.54) is 44.9 Å². The molecule has 0 radical (unpaired) electrons. The van der Waals surface area contributed by atoms with E-state index in [0.717, 1.165) is 31.0 Å². The first kappa shape index (κ1) is 16.3. The van der Waals surface area contributed by atoms with Crippen LogP contribution in [0.2, 0.25) is 0 Å². The van der Waals surface area contributed by atoms with Gasteiger partial charge < -0.3 is 10.1 Å². The van der Waals surface area contributed by atoms with Gasteiger partial charge in [0.15, 0.2) is 0 Å². The van der Waals surface area contributed by atoms with Crippen LogP contribution in [0.25, 0.3) is 0 Å². The summed E-state index contributed by atoms with van der Waals surface area (Å²) < 4.78 is 6.15. The van der Waals surface area contributed by atoms with E-state index in [1.54, 1.807) is 0 Å². The van der Waals surface area contributed by atoms with Crippen LogP contribution in [0.5, 0.6) is 0 Å². The lowest BCUT2D eigenvalue weighted by Crippen LogP contribution is -2.40. The highest BCUT2D eigenvalue weighted by molar-refractivity contribution is 4.83. The molecule has 0 heterocycles. The number of hydrogen-bond acceptors (Lipinski definition) is 2. The molecule has 20 heavy (non-hydrogen) atoms. The van der Waals surface area contributed by atoms with Crippen LogP contribution in [0, 0.1) is 17.3 Å². The Kier molecular flexibility index (Phi) is 5.92. The van der Waals surface area contributed by atoms with Crippen molar-refractivity contribution in [2.75, 3.05) is 13.2 Å². The van der Waals surface area contributed by atoms with Gasteiger partial charge in [0.05, 0.1) is 12.7 Å². The monoisotopic (exact) mass is 281 g/mol. The summed E-state index contributed by atoms with van der Waals surface area (Å²) in [6.07, 6.45) is 9.90. The molecule has 1 N–H and O–H groups in total. The fraction of sp³-hybridized carbons (Fsp3) is 1.00. The molecule has 2 aliphatic rings. The molecule has 2 nitrogen and oxygen atoms in total. The fourth-order valence-corrected chi connectivity index (χ4v) is 4.47. The van der Waals surface area contributed by atoms with Gasteiger partial charge in [0.1, 0.15) is 0 Å². The Bertz CT molecular complexity index is 289. The summed E-state index contributed by atoms with van der Waals surface area (Å²) in [5, 5.41) is 3.72. The maximum Gasteiger partial charge on any atom is 0.0594 e. The summed E-state index contributed by atoms with van der Waals surface area (Å²) in [6.45, 7) is 11.5. The van der Waals surface area contributed by atoms with Gasteiger partial charge in [0.2, 0.25) is 0 Å². The average molecular weight is 281 g/mol. The summed E-state index contributed by atoms with van der Waals surface area (Å²) in [6, 6.07) is 0.731. The molecular weight excluding hydrogens is 246 g/mol. The van der Waals surface area contributed by atoms with Crippen molar-refractivity contribution in [2.24, 2.45) is 17.3 Å². The third-order valence-electron chi connectivity index (χ3n) is 5.32. The Hall–Kier alpha value is -0.0800. The van der Waals surface area contributed by atoms with Gasteiger partial charge >= 0.3 is 0 Å². The highest BCUT2D eigenvalue weighted by Crippen LogP contribution is 2.39. The lowest BCUT2D eigenvalue weighted by Gasteiger charge is -2.39. The Morgan fingerprint density at radius 1 is 1.10 bits per heavy atom. The first-order valence-corrected chi connectivity index (χ1v) is 8.81. The van der Waals surface area contributed by atoms with Crippen molar-refractivity contribution in [3.8, 4) is 0 Å². The van der Waals surface area contributed by atoms with Crippen molar-refractivity contribution >= 4 is 0 Å². The van der Waals surface area contributed by atoms with Gasteiger partial charge in [0, 0.05) is 12.6 Å². The first-order valence-electron chi connectivity index (χ1n) is 8.81. The molecule has 2 aliphatic carbocycles. The number of nitrogens with one attached hydrogen (secondary N) is 1. The van der Waals surface area contributed by atoms with Gasteiger partial charge in [-0.15, -0.1) is 0 Å². The zero-order chi connectivity index (χ0) is 14.6. The maximum atomic E-state index is 6.15. The summed E-state index contributed by atoms with van der Waals surface area (Å²) in [4.78, 5) is 0. The molecule has 0 aromatic carbocycles. The topological polar surface area (TPSA) is 21.3 Å². The fourth-order valence-electron chi connectivity index (χ4n) is 4.47. The van der Waals surface area contributed by atoms with E-state index in [-0.39, 0.29) is 0 Å². The summed E-state index contributed by atoms with van der Waals surface area (Å²) in [5.74, 6) is 1.66. The number of hydrogen-bond donors (Lipinski definition) is 1. The van der Waals surface area contributed by atoms with Crippen molar-refractivity contribution in [3.05, 3.63) is 0 Å². The van der Waals surface area contributed by atoms with E-state index in [4.69, 9.17) is 4.74 Å². The largest absolute Gasteiger partial charge is 0.377 e. The molecule has 118 valence electrons. The van der Waals surface area contributed by atoms with E-state index < -0.39 is 0 Å². The second-order valence-electron chi connectivity index (χ2n) is 8.23. The van der Waals surface area contributed by atoms with Crippen LogP contribution in [0.3, 0.4) is 0 Å². The molecule has 2 rings (SSSR count). The molecule has 0 aromatic rings. The van der Waals surface area contributed by atoms with E-state index in [9.17, 15) is 0 Å². The molecule has 0 amide bonds. The molecule has 2 heteroatoms. The lowest BCUT2D eigenvalue weighted by atomic mass is 9.71. The second kappa shape index (κ2) is 7.26. The molecule has 2 saturated carbocycles. The van der Waals surface area contributed by atoms with Gasteiger partial charge in [0.25, 0.3) is 0 Å². The molecule has 4 atom stereocenters. The highest BCUT2D eigenvalue weighted by atomic mass is 16.5. The summed E-state index contributed by atoms with van der Waals surface area (Å²) in [7, 11) is 0. The predicted molar refractivity (Wildman–Crippen MR) is 86.0 cm³/mol. The molecule has 0 spiro atoms. The standard InChI is InChI=1S/C18H35NO/c1-14-11-16(13-18(3,4)12-14)20-10-9-19-17-8-6-5-7-15(17)2/h14-17,19H,5-13H2,1-4H3. The molecule has 4 unspecified atom stereocenters. The SMILES string of the molecule is CC1CC(OCCNC2CCCCC2C)CC(C)(C)C1. The molecule has 0 bridgehead atoms. The Balaban J connectivity index is 1.63. The second-order valence-corrected chi connectivity index (χ2v) is 8.23. The van der Waals surface area contributed by atoms with Crippen molar-refractivity contribution in [3.63, 3.8) is 0 Å². The minimum Gasteiger partial charge on any atom is -0.377 e. The Morgan fingerprint density at radius 2 is 1.85 bits per heavy atom. The van der Waals surface area contributed by atoms with Crippen molar-refractivity contribution < 1.29 is 4.74 Å². The van der Waals surface area contributed by atoms with Crippen LogP contribution < -0.4 is 5.32 Å². The zero-order valence-electron chi connectivity index (χ0n) is 14.1. The number of ether oxygens (including phenoxy) is 1. The lowest BCUT2D eigenvalue weighted by molar-refractivity contribution is -0.0224. The van der Waals surface area contributed by atoms with Crippen LogP contribution in [0.15, 0.2) is 0 Å². The normalized spacial score (nSPS) is 37.8. The van der Waals surface area contributed by atoms with E-state index in [1.807, 2.05) is 0 Å². The molecule has 0 aromatic heterocycles.